The minimum absolute atomic E-state index is 0.218. The van der Waals surface area contributed by atoms with E-state index in [1.165, 1.54) is 16.7 Å². The lowest BCUT2D eigenvalue weighted by atomic mass is 9.96. The molecule has 0 saturated heterocycles. The summed E-state index contributed by atoms with van der Waals surface area (Å²) in [7, 11) is 0. The van der Waals surface area contributed by atoms with Crippen molar-refractivity contribution in [3.05, 3.63) is 41.5 Å². The summed E-state index contributed by atoms with van der Waals surface area (Å²) in [5.74, 6) is 2.51. The van der Waals surface area contributed by atoms with Crippen molar-refractivity contribution in [1.29, 1.82) is 0 Å². The van der Waals surface area contributed by atoms with Gasteiger partial charge in [0.05, 0.1) is 0 Å². The molecule has 0 unspecified atom stereocenters. The largest absolute Gasteiger partial charge is 0.327 e. The van der Waals surface area contributed by atoms with Gasteiger partial charge < -0.3 is 4.90 Å². The third-order valence-corrected chi connectivity index (χ3v) is 3.51. The number of rotatable bonds is 2. The zero-order valence-electron chi connectivity index (χ0n) is 11.5. The van der Waals surface area contributed by atoms with Crippen LogP contribution in [-0.2, 0) is 4.79 Å². The third kappa shape index (κ3) is 3.06. The van der Waals surface area contributed by atoms with Gasteiger partial charge in [0.15, 0.2) is 0 Å². The number of hydrogen-bond acceptors (Lipinski definition) is 1. The fraction of sp³-hybridized carbons (Fsp3) is 0.353. The van der Waals surface area contributed by atoms with Crippen LogP contribution in [0.1, 0.15) is 37.3 Å². The molecule has 1 aliphatic heterocycles. The minimum Gasteiger partial charge on any atom is -0.327 e. The van der Waals surface area contributed by atoms with Crippen LogP contribution in [0.25, 0.3) is 5.57 Å². The average Bonchev–Trinajstić information content (AvgIpc) is 2.46. The number of benzene rings is 1. The van der Waals surface area contributed by atoms with Crippen molar-refractivity contribution >= 4 is 11.5 Å². The Hall–Kier alpha value is -2.01. The lowest BCUT2D eigenvalue weighted by molar-refractivity contribution is -0.124. The maximum absolute atomic E-state index is 11.5. The number of terminal acetylenes is 1. The van der Waals surface area contributed by atoms with Crippen LogP contribution < -0.4 is 0 Å². The van der Waals surface area contributed by atoms with Crippen molar-refractivity contribution in [2.45, 2.75) is 26.2 Å². The maximum Gasteiger partial charge on any atom is 0.298 e. The van der Waals surface area contributed by atoms with E-state index in [1.807, 2.05) is 0 Å². The first-order chi connectivity index (χ1) is 9.11. The molecule has 0 aromatic heterocycles. The molecule has 0 spiro atoms. The zero-order valence-corrected chi connectivity index (χ0v) is 11.5. The first-order valence-corrected chi connectivity index (χ1v) is 6.66. The molecular formula is C17H19NO. The van der Waals surface area contributed by atoms with E-state index in [4.69, 9.17) is 6.42 Å². The second-order valence-electron chi connectivity index (χ2n) is 5.17. The molecule has 2 heteroatoms. The summed E-state index contributed by atoms with van der Waals surface area (Å²) in [4.78, 5) is 13.3. The van der Waals surface area contributed by atoms with E-state index >= 15 is 0 Å². The van der Waals surface area contributed by atoms with Gasteiger partial charge in [0.25, 0.3) is 5.91 Å². The van der Waals surface area contributed by atoms with Gasteiger partial charge in [-0.15, -0.1) is 6.42 Å². The van der Waals surface area contributed by atoms with Gasteiger partial charge >= 0.3 is 0 Å². The molecular weight excluding hydrogens is 234 g/mol. The predicted molar refractivity (Wildman–Crippen MR) is 78.5 cm³/mol. The molecule has 2 nitrogen and oxygen atoms in total. The Bertz CT molecular complexity index is 531. The Morgan fingerprint density at radius 2 is 2.00 bits per heavy atom. The molecule has 0 saturated carbocycles. The highest BCUT2D eigenvalue weighted by Gasteiger charge is 2.17. The van der Waals surface area contributed by atoms with Crippen LogP contribution in [0.2, 0.25) is 0 Å². The lowest BCUT2D eigenvalue weighted by Gasteiger charge is -2.26. The smallest absolute Gasteiger partial charge is 0.298 e. The molecule has 1 aromatic rings. The second kappa shape index (κ2) is 5.75. The molecule has 0 bridgehead atoms. The summed E-state index contributed by atoms with van der Waals surface area (Å²) in [6.45, 7) is 5.70. The monoisotopic (exact) mass is 253 g/mol. The van der Waals surface area contributed by atoms with Crippen molar-refractivity contribution in [2.24, 2.45) is 0 Å². The first kappa shape index (κ1) is 13.4. The average molecular weight is 253 g/mol. The van der Waals surface area contributed by atoms with E-state index in [0.717, 1.165) is 13.0 Å². The highest BCUT2D eigenvalue weighted by Crippen LogP contribution is 2.23. The van der Waals surface area contributed by atoms with Crippen LogP contribution in [-0.4, -0.2) is 23.9 Å². The highest BCUT2D eigenvalue weighted by molar-refractivity contribution is 5.94. The molecule has 19 heavy (non-hydrogen) atoms. The molecule has 2 rings (SSSR count). The van der Waals surface area contributed by atoms with Crippen LogP contribution in [0.3, 0.4) is 0 Å². The Morgan fingerprint density at radius 1 is 1.32 bits per heavy atom. The molecule has 1 aliphatic rings. The first-order valence-electron chi connectivity index (χ1n) is 6.66. The van der Waals surface area contributed by atoms with Gasteiger partial charge in [0.2, 0.25) is 0 Å². The third-order valence-electron chi connectivity index (χ3n) is 3.51. The number of nitrogens with zero attached hydrogens (tertiary/aromatic N) is 1. The van der Waals surface area contributed by atoms with Gasteiger partial charge in [-0.3, -0.25) is 4.79 Å². The van der Waals surface area contributed by atoms with E-state index in [0.29, 0.717) is 12.5 Å². The summed E-state index contributed by atoms with van der Waals surface area (Å²) >= 11 is 0. The molecule has 0 fully saturated rings. The summed E-state index contributed by atoms with van der Waals surface area (Å²) in [5.41, 5.74) is 3.70. The van der Waals surface area contributed by atoms with Gasteiger partial charge in [0, 0.05) is 13.1 Å². The van der Waals surface area contributed by atoms with E-state index in [2.05, 4.69) is 50.1 Å². The summed E-state index contributed by atoms with van der Waals surface area (Å²) in [6, 6.07) is 8.57. The maximum atomic E-state index is 11.5. The number of carbonyl (C=O) groups excluding carboxylic acids is 1. The van der Waals surface area contributed by atoms with Crippen molar-refractivity contribution in [3.8, 4) is 12.3 Å². The van der Waals surface area contributed by atoms with Gasteiger partial charge in [-0.25, -0.2) is 0 Å². The van der Waals surface area contributed by atoms with E-state index in [9.17, 15) is 4.79 Å². The normalized spacial score (nSPS) is 15.1. The molecule has 0 aliphatic carbocycles. The predicted octanol–water partition coefficient (Wildman–Crippen LogP) is 3.06. The van der Waals surface area contributed by atoms with E-state index in [-0.39, 0.29) is 5.91 Å². The second-order valence-corrected chi connectivity index (χ2v) is 5.17. The van der Waals surface area contributed by atoms with E-state index < -0.39 is 0 Å². The Morgan fingerprint density at radius 3 is 2.58 bits per heavy atom. The van der Waals surface area contributed by atoms with Crippen molar-refractivity contribution in [2.75, 3.05) is 13.1 Å². The van der Waals surface area contributed by atoms with E-state index in [1.54, 1.807) is 4.90 Å². The lowest BCUT2D eigenvalue weighted by Crippen LogP contribution is -2.34. The summed E-state index contributed by atoms with van der Waals surface area (Å²) in [6.07, 6.45) is 8.25. The molecule has 0 atom stereocenters. The molecule has 1 amide bonds. The van der Waals surface area contributed by atoms with Crippen molar-refractivity contribution < 1.29 is 4.79 Å². The van der Waals surface area contributed by atoms with Crippen LogP contribution in [0, 0.1) is 12.3 Å². The van der Waals surface area contributed by atoms with Crippen LogP contribution in [0.5, 0.6) is 0 Å². The number of amides is 1. The molecule has 98 valence electrons. The molecule has 1 heterocycles. The topological polar surface area (TPSA) is 20.3 Å². The van der Waals surface area contributed by atoms with Gasteiger partial charge in [0.1, 0.15) is 0 Å². The van der Waals surface area contributed by atoms with Crippen LogP contribution in [0.15, 0.2) is 30.3 Å². The minimum atomic E-state index is -0.218. The Balaban J connectivity index is 2.16. The summed E-state index contributed by atoms with van der Waals surface area (Å²) in [5, 5.41) is 0. The summed E-state index contributed by atoms with van der Waals surface area (Å²) < 4.78 is 0. The fourth-order valence-electron chi connectivity index (χ4n) is 2.30. The molecule has 0 radical (unpaired) electrons. The van der Waals surface area contributed by atoms with Crippen molar-refractivity contribution in [3.63, 3.8) is 0 Å². The number of hydrogen-bond donors (Lipinski definition) is 0. The fourth-order valence-corrected chi connectivity index (χ4v) is 2.30. The zero-order chi connectivity index (χ0) is 13.8. The van der Waals surface area contributed by atoms with Crippen LogP contribution >= 0.6 is 0 Å². The highest BCUT2D eigenvalue weighted by atomic mass is 16.2. The standard InChI is InChI=1S/C17H19NO/c1-4-17(19)18-11-5-6-16(12-18)15-9-7-14(8-10-15)13(2)3/h1,6-10,13H,5,11-12H2,2-3H3. The number of carbonyl (C=O) groups is 1. The molecule has 0 N–H and O–H groups in total. The quantitative estimate of drug-likeness (QED) is 0.742. The molecule has 1 aromatic carbocycles. The SMILES string of the molecule is C#CC(=O)N1CCC=C(c2ccc(C(C)C)cc2)C1. The van der Waals surface area contributed by atoms with Gasteiger partial charge in [-0.2, -0.15) is 0 Å². The van der Waals surface area contributed by atoms with Gasteiger partial charge in [-0.05, 0) is 35.0 Å². The van der Waals surface area contributed by atoms with Crippen LogP contribution in [0.4, 0.5) is 0 Å². The van der Waals surface area contributed by atoms with Gasteiger partial charge in [-0.1, -0.05) is 44.2 Å². The van der Waals surface area contributed by atoms with Crippen molar-refractivity contribution in [1.82, 2.24) is 4.90 Å². The Kier molecular flexibility index (Phi) is 4.06. The Labute approximate surface area is 115 Å².